The molecule has 1 aliphatic heterocycles. The molecule has 0 N–H and O–H groups in total. The number of aryl methyl sites for hydroxylation is 1. The minimum absolute atomic E-state index is 0.104. The van der Waals surface area contributed by atoms with Crippen molar-refractivity contribution in [3.8, 4) is 0 Å². The van der Waals surface area contributed by atoms with Crippen molar-refractivity contribution >= 4 is 21.6 Å². The average Bonchev–Trinajstić information content (AvgIpc) is 3.07. The van der Waals surface area contributed by atoms with E-state index in [2.05, 4.69) is 10.1 Å². The molecule has 0 spiro atoms. The SMILES string of the molecule is Cc1noc(C(C)N2CCN(S(=O)(=O)c3cc(C(F)(F)F)ccc3Cl)CC2)n1. The largest absolute Gasteiger partial charge is 0.416 e. The summed E-state index contributed by atoms with van der Waals surface area (Å²) in [6.45, 7) is 4.49. The molecule has 154 valence electrons. The Hall–Kier alpha value is -1.69. The van der Waals surface area contributed by atoms with Gasteiger partial charge in [-0.3, -0.25) is 4.90 Å². The highest BCUT2D eigenvalue weighted by Crippen LogP contribution is 2.34. The van der Waals surface area contributed by atoms with Crippen molar-refractivity contribution in [3.05, 3.63) is 40.5 Å². The number of halogens is 4. The highest BCUT2D eigenvalue weighted by atomic mass is 35.5. The zero-order valence-electron chi connectivity index (χ0n) is 15.1. The van der Waals surface area contributed by atoms with Crippen molar-refractivity contribution < 1.29 is 26.1 Å². The number of alkyl halides is 3. The van der Waals surface area contributed by atoms with Gasteiger partial charge in [0.25, 0.3) is 0 Å². The molecule has 28 heavy (non-hydrogen) atoms. The van der Waals surface area contributed by atoms with Crippen LogP contribution < -0.4 is 0 Å². The lowest BCUT2D eigenvalue weighted by Crippen LogP contribution is -2.49. The van der Waals surface area contributed by atoms with Crippen LogP contribution in [0.2, 0.25) is 5.02 Å². The van der Waals surface area contributed by atoms with Gasteiger partial charge < -0.3 is 4.52 Å². The lowest BCUT2D eigenvalue weighted by molar-refractivity contribution is -0.137. The van der Waals surface area contributed by atoms with E-state index in [4.69, 9.17) is 16.1 Å². The molecule has 0 saturated carbocycles. The Kier molecular flexibility index (Phi) is 5.72. The highest BCUT2D eigenvalue weighted by molar-refractivity contribution is 7.89. The van der Waals surface area contributed by atoms with Gasteiger partial charge in [0.2, 0.25) is 15.9 Å². The fourth-order valence-electron chi connectivity index (χ4n) is 2.99. The summed E-state index contributed by atoms with van der Waals surface area (Å²) < 4.78 is 70.8. The maximum Gasteiger partial charge on any atom is 0.416 e. The maximum atomic E-state index is 13.0. The Bertz CT molecular complexity index is 956. The zero-order chi connectivity index (χ0) is 20.7. The van der Waals surface area contributed by atoms with E-state index in [1.165, 1.54) is 0 Å². The molecule has 1 saturated heterocycles. The molecule has 12 heteroatoms. The summed E-state index contributed by atoms with van der Waals surface area (Å²) in [5.41, 5.74) is -1.06. The fourth-order valence-corrected chi connectivity index (χ4v) is 4.91. The Balaban J connectivity index is 1.76. The summed E-state index contributed by atoms with van der Waals surface area (Å²) in [4.78, 5) is 5.59. The standard InChI is InChI=1S/C16H18ClF3N4O3S/c1-10(15-21-11(2)22-27-15)23-5-7-24(8-6-23)28(25,26)14-9-12(16(18,19)20)3-4-13(14)17/h3-4,9-10H,5-8H2,1-2H3. The van der Waals surface area contributed by atoms with E-state index in [1.807, 2.05) is 11.8 Å². The fraction of sp³-hybridized carbons (Fsp3) is 0.500. The summed E-state index contributed by atoms with van der Waals surface area (Å²) in [5.74, 6) is 0.928. The predicted molar refractivity (Wildman–Crippen MR) is 94.2 cm³/mol. The van der Waals surface area contributed by atoms with E-state index in [0.717, 1.165) is 16.4 Å². The number of sulfonamides is 1. The molecule has 1 atom stereocenters. The van der Waals surface area contributed by atoms with Crippen molar-refractivity contribution in [2.75, 3.05) is 26.2 Å². The molecule has 0 bridgehead atoms. The first-order chi connectivity index (χ1) is 13.0. The van der Waals surface area contributed by atoms with Crippen LogP contribution >= 0.6 is 11.6 Å². The molecule has 1 aliphatic rings. The number of hydrogen-bond donors (Lipinski definition) is 0. The van der Waals surface area contributed by atoms with E-state index >= 15 is 0 Å². The van der Waals surface area contributed by atoms with E-state index in [1.54, 1.807) is 6.92 Å². The number of hydrogen-bond acceptors (Lipinski definition) is 6. The van der Waals surface area contributed by atoms with Crippen LogP contribution in [-0.2, 0) is 16.2 Å². The van der Waals surface area contributed by atoms with Crippen LogP contribution in [0.1, 0.15) is 30.2 Å². The number of nitrogens with zero attached hydrogens (tertiary/aromatic N) is 4. The third kappa shape index (κ3) is 4.17. The predicted octanol–water partition coefficient (Wildman–Crippen LogP) is 3.12. The molecule has 1 unspecified atom stereocenters. The normalized spacial score (nSPS) is 18.4. The summed E-state index contributed by atoms with van der Waals surface area (Å²) in [7, 11) is -4.16. The van der Waals surface area contributed by atoms with Gasteiger partial charge in [-0.25, -0.2) is 8.42 Å². The third-order valence-corrected chi connectivity index (χ3v) is 6.98. The lowest BCUT2D eigenvalue weighted by Gasteiger charge is -2.36. The Morgan fingerprint density at radius 3 is 2.39 bits per heavy atom. The van der Waals surface area contributed by atoms with Crippen molar-refractivity contribution in [1.82, 2.24) is 19.3 Å². The van der Waals surface area contributed by atoms with Crippen LogP contribution in [0.3, 0.4) is 0 Å². The highest BCUT2D eigenvalue weighted by Gasteiger charge is 2.36. The maximum absolute atomic E-state index is 13.0. The zero-order valence-corrected chi connectivity index (χ0v) is 16.6. The first-order valence-electron chi connectivity index (χ1n) is 8.41. The van der Waals surface area contributed by atoms with Crippen molar-refractivity contribution in [2.24, 2.45) is 0 Å². The van der Waals surface area contributed by atoms with Crippen LogP contribution in [0, 0.1) is 6.92 Å². The molecular weight excluding hydrogens is 421 g/mol. The smallest absolute Gasteiger partial charge is 0.338 e. The Morgan fingerprint density at radius 1 is 1.21 bits per heavy atom. The van der Waals surface area contributed by atoms with Gasteiger partial charge in [0.15, 0.2) is 5.82 Å². The Morgan fingerprint density at radius 2 is 1.86 bits per heavy atom. The van der Waals surface area contributed by atoms with E-state index < -0.39 is 26.7 Å². The molecule has 1 aromatic heterocycles. The number of aromatic nitrogens is 2. The van der Waals surface area contributed by atoms with Gasteiger partial charge in [-0.1, -0.05) is 16.8 Å². The Labute approximate surface area is 165 Å². The second kappa shape index (κ2) is 7.62. The topological polar surface area (TPSA) is 79.5 Å². The molecule has 0 aliphatic carbocycles. The van der Waals surface area contributed by atoms with Gasteiger partial charge in [-0.15, -0.1) is 0 Å². The second-order valence-electron chi connectivity index (χ2n) is 6.44. The van der Waals surface area contributed by atoms with E-state index in [-0.39, 0.29) is 24.2 Å². The van der Waals surface area contributed by atoms with Gasteiger partial charge in [0.05, 0.1) is 16.6 Å². The van der Waals surface area contributed by atoms with Crippen LogP contribution in [0.5, 0.6) is 0 Å². The van der Waals surface area contributed by atoms with Crippen LogP contribution in [0.15, 0.2) is 27.6 Å². The van der Waals surface area contributed by atoms with Crippen molar-refractivity contribution in [2.45, 2.75) is 31.0 Å². The van der Waals surface area contributed by atoms with Crippen LogP contribution in [0.25, 0.3) is 0 Å². The summed E-state index contributed by atoms with van der Waals surface area (Å²) in [6, 6.07) is 2.08. The molecule has 1 fully saturated rings. The molecule has 0 radical (unpaired) electrons. The number of piperazine rings is 1. The number of benzene rings is 1. The third-order valence-electron chi connectivity index (χ3n) is 4.60. The van der Waals surface area contributed by atoms with Crippen molar-refractivity contribution in [3.63, 3.8) is 0 Å². The van der Waals surface area contributed by atoms with Gasteiger partial charge in [-0.2, -0.15) is 22.5 Å². The number of rotatable bonds is 4. The van der Waals surface area contributed by atoms with E-state index in [0.29, 0.717) is 30.9 Å². The first kappa shape index (κ1) is 21.0. The molecule has 7 nitrogen and oxygen atoms in total. The molecule has 1 aromatic carbocycles. The van der Waals surface area contributed by atoms with Gasteiger partial charge in [0, 0.05) is 26.2 Å². The average molecular weight is 439 g/mol. The summed E-state index contributed by atoms with van der Waals surface area (Å²) in [5, 5.41) is 3.49. The quantitative estimate of drug-likeness (QED) is 0.729. The molecule has 2 heterocycles. The summed E-state index contributed by atoms with van der Waals surface area (Å²) >= 11 is 5.90. The van der Waals surface area contributed by atoms with E-state index in [9.17, 15) is 21.6 Å². The molecule has 0 amide bonds. The van der Waals surface area contributed by atoms with Crippen LogP contribution in [-0.4, -0.2) is 53.9 Å². The first-order valence-corrected chi connectivity index (χ1v) is 10.2. The van der Waals surface area contributed by atoms with Crippen molar-refractivity contribution in [1.29, 1.82) is 0 Å². The monoisotopic (exact) mass is 438 g/mol. The van der Waals surface area contributed by atoms with Gasteiger partial charge >= 0.3 is 6.18 Å². The second-order valence-corrected chi connectivity index (χ2v) is 8.75. The summed E-state index contributed by atoms with van der Waals surface area (Å²) in [6.07, 6.45) is -4.66. The minimum atomic E-state index is -4.66. The molecular formula is C16H18ClF3N4O3S. The molecule has 3 rings (SSSR count). The minimum Gasteiger partial charge on any atom is -0.338 e. The van der Waals surface area contributed by atoms with Gasteiger partial charge in [0.1, 0.15) is 4.90 Å². The lowest BCUT2D eigenvalue weighted by atomic mass is 10.2. The van der Waals surface area contributed by atoms with Gasteiger partial charge in [-0.05, 0) is 32.0 Å². The molecule has 2 aromatic rings. The van der Waals surface area contributed by atoms with Crippen LogP contribution in [0.4, 0.5) is 13.2 Å².